The van der Waals surface area contributed by atoms with Crippen LogP contribution in [0.25, 0.3) is 22.4 Å². The van der Waals surface area contributed by atoms with Crippen molar-refractivity contribution in [2.45, 2.75) is 57.7 Å². The molecule has 0 atom stereocenters. The van der Waals surface area contributed by atoms with E-state index in [-0.39, 0.29) is 18.1 Å². The molecule has 1 aromatic carbocycles. The molecule has 174 valence electrons. The number of fused-ring (bicyclic) bond motifs is 1. The molecule has 7 nitrogen and oxygen atoms in total. The van der Waals surface area contributed by atoms with E-state index >= 15 is 0 Å². The number of imidazole rings is 1. The zero-order valence-corrected chi connectivity index (χ0v) is 20.3. The summed E-state index contributed by atoms with van der Waals surface area (Å²) < 4.78 is 7.33. The van der Waals surface area contributed by atoms with E-state index < -0.39 is 5.97 Å². The van der Waals surface area contributed by atoms with E-state index in [1.807, 2.05) is 6.20 Å². The van der Waals surface area contributed by atoms with Crippen LogP contribution in [0.4, 0.5) is 5.82 Å². The van der Waals surface area contributed by atoms with Gasteiger partial charge in [0.1, 0.15) is 11.6 Å². The maximum absolute atomic E-state index is 11.1. The minimum absolute atomic E-state index is 0.189. The highest BCUT2D eigenvalue weighted by Gasteiger charge is 2.29. The van der Waals surface area contributed by atoms with Crippen LogP contribution in [0.15, 0.2) is 34.9 Å². The van der Waals surface area contributed by atoms with Gasteiger partial charge >= 0.3 is 5.97 Å². The number of nitrogens with one attached hydrogen (secondary N) is 1. The predicted octanol–water partition coefficient (Wildman–Crippen LogP) is 5.32. The molecule has 2 aliphatic rings. The number of aromatic nitrogens is 3. The number of piperidine rings is 1. The average Bonchev–Trinajstić information content (AvgIpc) is 3.25. The van der Waals surface area contributed by atoms with Crippen LogP contribution in [0.1, 0.15) is 44.1 Å². The van der Waals surface area contributed by atoms with Crippen LogP contribution < -0.4 is 4.90 Å². The van der Waals surface area contributed by atoms with Crippen molar-refractivity contribution in [3.05, 3.63) is 40.5 Å². The van der Waals surface area contributed by atoms with Gasteiger partial charge in [-0.1, -0.05) is 0 Å². The average molecular weight is 513 g/mol. The van der Waals surface area contributed by atoms with E-state index in [2.05, 4.69) is 57.0 Å². The number of H-pyrrole nitrogens is 1. The highest BCUT2D eigenvalue weighted by molar-refractivity contribution is 9.10. The first-order valence-corrected chi connectivity index (χ1v) is 12.5. The van der Waals surface area contributed by atoms with Crippen molar-refractivity contribution >= 4 is 38.8 Å². The molecule has 5 rings (SSSR count). The SMILES string of the molecule is Cc1cc(Br)c2[nH]c(-c3ccc(N4CCC(O[C@H]5CC[C@H](C(=O)O)CC5)CC4)nc3)nc2c1. The van der Waals surface area contributed by atoms with Crippen LogP contribution in [-0.2, 0) is 9.53 Å². The zero-order valence-electron chi connectivity index (χ0n) is 18.8. The zero-order chi connectivity index (χ0) is 22.9. The first kappa shape index (κ1) is 22.3. The number of aryl methyl sites for hydroxylation is 1. The molecule has 2 N–H and O–H groups in total. The van der Waals surface area contributed by atoms with Crippen LogP contribution >= 0.6 is 15.9 Å². The highest BCUT2D eigenvalue weighted by Crippen LogP contribution is 2.30. The predicted molar refractivity (Wildman–Crippen MR) is 131 cm³/mol. The Morgan fingerprint density at radius 1 is 1.12 bits per heavy atom. The number of halogens is 1. The van der Waals surface area contributed by atoms with Crippen LogP contribution in [0.3, 0.4) is 0 Å². The third kappa shape index (κ3) is 4.92. The van der Waals surface area contributed by atoms with Gasteiger partial charge in [-0.15, -0.1) is 0 Å². The summed E-state index contributed by atoms with van der Waals surface area (Å²) in [4.78, 5) is 26.3. The third-order valence-corrected chi connectivity index (χ3v) is 7.51. The normalized spacial score (nSPS) is 22.1. The summed E-state index contributed by atoms with van der Waals surface area (Å²) in [5.74, 6) is 0.946. The summed E-state index contributed by atoms with van der Waals surface area (Å²) in [5, 5.41) is 9.16. The molecule has 33 heavy (non-hydrogen) atoms. The van der Waals surface area contributed by atoms with Crippen LogP contribution in [0, 0.1) is 12.8 Å². The highest BCUT2D eigenvalue weighted by atomic mass is 79.9. The molecule has 0 spiro atoms. The van der Waals surface area contributed by atoms with Crippen LogP contribution in [0.5, 0.6) is 0 Å². The number of rotatable bonds is 5. The number of aromatic amines is 1. The molecule has 3 aromatic rings. The second kappa shape index (κ2) is 9.43. The van der Waals surface area contributed by atoms with E-state index in [1.54, 1.807) is 0 Å². The fraction of sp³-hybridized carbons (Fsp3) is 0.480. The Kier molecular flexibility index (Phi) is 6.38. The van der Waals surface area contributed by atoms with Gasteiger partial charge in [0.05, 0.1) is 29.2 Å². The Hall–Kier alpha value is -2.45. The minimum Gasteiger partial charge on any atom is -0.481 e. The fourth-order valence-electron chi connectivity index (χ4n) is 4.99. The smallest absolute Gasteiger partial charge is 0.306 e. The van der Waals surface area contributed by atoms with Crippen molar-refractivity contribution in [2.24, 2.45) is 5.92 Å². The summed E-state index contributed by atoms with van der Waals surface area (Å²) in [6.45, 7) is 3.89. The summed E-state index contributed by atoms with van der Waals surface area (Å²) >= 11 is 3.61. The van der Waals surface area contributed by atoms with Gasteiger partial charge < -0.3 is 19.7 Å². The lowest BCUT2D eigenvalue weighted by Gasteiger charge is -2.36. The topological polar surface area (TPSA) is 91.3 Å². The van der Waals surface area contributed by atoms with Gasteiger partial charge in [0, 0.05) is 29.3 Å². The largest absolute Gasteiger partial charge is 0.481 e. The molecule has 3 heterocycles. The molecule has 1 saturated heterocycles. The Balaban J connectivity index is 1.17. The molecule has 8 heteroatoms. The molecule has 0 radical (unpaired) electrons. The Morgan fingerprint density at radius 3 is 2.52 bits per heavy atom. The van der Waals surface area contributed by atoms with Crippen molar-refractivity contribution in [3.63, 3.8) is 0 Å². The quantitative estimate of drug-likeness (QED) is 0.480. The van der Waals surface area contributed by atoms with E-state index in [0.717, 1.165) is 84.3 Å². The van der Waals surface area contributed by atoms with Gasteiger partial charge in [-0.3, -0.25) is 4.79 Å². The van der Waals surface area contributed by atoms with E-state index in [1.165, 1.54) is 5.56 Å². The number of hydrogen-bond acceptors (Lipinski definition) is 5. The van der Waals surface area contributed by atoms with Gasteiger partial charge in [-0.25, -0.2) is 9.97 Å². The number of carboxylic acid groups (broad SMARTS) is 1. The molecule has 1 aliphatic heterocycles. The Bertz CT molecular complexity index is 1130. The first-order valence-electron chi connectivity index (χ1n) is 11.7. The van der Waals surface area contributed by atoms with Gasteiger partial charge in [0.15, 0.2) is 0 Å². The van der Waals surface area contributed by atoms with Gasteiger partial charge in [0.2, 0.25) is 0 Å². The Labute approximate surface area is 201 Å². The maximum Gasteiger partial charge on any atom is 0.306 e. The van der Waals surface area contributed by atoms with E-state index in [0.29, 0.717) is 0 Å². The van der Waals surface area contributed by atoms with Crippen LogP contribution in [0.2, 0.25) is 0 Å². The number of benzene rings is 1. The number of ether oxygens (including phenoxy) is 1. The van der Waals surface area contributed by atoms with Crippen LogP contribution in [-0.4, -0.2) is 51.3 Å². The summed E-state index contributed by atoms with van der Waals surface area (Å²) in [6.07, 6.45) is 7.48. The number of nitrogens with zero attached hydrogens (tertiary/aromatic N) is 3. The molecule has 0 amide bonds. The molecule has 2 fully saturated rings. The third-order valence-electron chi connectivity index (χ3n) is 6.89. The van der Waals surface area contributed by atoms with Crippen molar-refractivity contribution in [1.29, 1.82) is 0 Å². The number of aliphatic carboxylic acids is 1. The van der Waals surface area contributed by atoms with Crippen molar-refractivity contribution < 1.29 is 14.6 Å². The number of carbonyl (C=O) groups is 1. The number of anilines is 1. The molecule has 2 aromatic heterocycles. The van der Waals surface area contributed by atoms with E-state index in [4.69, 9.17) is 19.8 Å². The summed E-state index contributed by atoms with van der Waals surface area (Å²) in [7, 11) is 0. The second-order valence-corrected chi connectivity index (χ2v) is 10.1. The lowest BCUT2D eigenvalue weighted by Crippen LogP contribution is -2.39. The van der Waals surface area contributed by atoms with E-state index in [9.17, 15) is 4.79 Å². The van der Waals surface area contributed by atoms with Crippen molar-refractivity contribution in [3.8, 4) is 11.4 Å². The number of pyridine rings is 1. The summed E-state index contributed by atoms with van der Waals surface area (Å²) in [5.41, 5.74) is 4.08. The summed E-state index contributed by atoms with van der Waals surface area (Å²) in [6, 6.07) is 8.30. The molecule has 0 bridgehead atoms. The fourth-order valence-corrected chi connectivity index (χ4v) is 5.65. The minimum atomic E-state index is -0.663. The lowest BCUT2D eigenvalue weighted by molar-refractivity contribution is -0.144. The molecule has 0 unspecified atom stereocenters. The standard InChI is InChI=1S/C25H29BrN4O3/c1-15-12-20(26)23-21(13-15)28-24(29-23)17-4-7-22(27-14-17)30-10-8-19(9-11-30)33-18-5-2-16(3-6-18)25(31)32/h4,7,12-14,16,18-19H,2-3,5-6,8-11H2,1H3,(H,28,29)(H,31,32)/t16-,18-. The molecular weight excluding hydrogens is 484 g/mol. The lowest BCUT2D eigenvalue weighted by atomic mass is 9.87. The van der Waals surface area contributed by atoms with Crippen molar-refractivity contribution in [1.82, 2.24) is 15.0 Å². The number of carboxylic acids is 1. The monoisotopic (exact) mass is 512 g/mol. The second-order valence-electron chi connectivity index (χ2n) is 9.27. The van der Waals surface area contributed by atoms with Gasteiger partial charge in [0.25, 0.3) is 0 Å². The van der Waals surface area contributed by atoms with Gasteiger partial charge in [-0.2, -0.15) is 0 Å². The molecular formula is C25H29BrN4O3. The molecule has 1 aliphatic carbocycles. The first-order chi connectivity index (χ1) is 16.0. The maximum atomic E-state index is 11.1. The van der Waals surface area contributed by atoms with Gasteiger partial charge in [-0.05, 0) is 91.2 Å². The Morgan fingerprint density at radius 2 is 1.85 bits per heavy atom. The molecule has 1 saturated carbocycles. The van der Waals surface area contributed by atoms with Crippen molar-refractivity contribution in [2.75, 3.05) is 18.0 Å². The number of hydrogen-bond donors (Lipinski definition) is 2.